The van der Waals surface area contributed by atoms with Gasteiger partial charge in [-0.25, -0.2) is 9.97 Å². The average Bonchev–Trinajstić information content (AvgIpc) is 2.61. The fraction of sp³-hybridized carbons (Fsp3) is 0.286. The molecule has 0 aliphatic carbocycles. The number of hydrazone groups is 1. The summed E-state index contributed by atoms with van der Waals surface area (Å²) in [5.41, 5.74) is 4.57. The van der Waals surface area contributed by atoms with Crippen LogP contribution in [0.25, 0.3) is 10.9 Å². The monoisotopic (exact) mass is 504 g/mol. The number of anilines is 1. The van der Waals surface area contributed by atoms with Crippen molar-refractivity contribution in [2.24, 2.45) is 5.10 Å². The van der Waals surface area contributed by atoms with Crippen LogP contribution in [-0.4, -0.2) is 24.5 Å². The first-order valence-electron chi connectivity index (χ1n) is 9.15. The van der Waals surface area contributed by atoms with Gasteiger partial charge in [0.05, 0.1) is 11.9 Å². The Morgan fingerprint density at radius 3 is 2.64 bits per heavy atom. The van der Waals surface area contributed by atoms with Crippen LogP contribution >= 0.6 is 22.6 Å². The number of halogens is 1. The molecule has 0 atom stereocenters. The largest absolute Gasteiger partial charge is 0.542 e. The van der Waals surface area contributed by atoms with Crippen LogP contribution in [0.5, 0.6) is 5.75 Å². The van der Waals surface area contributed by atoms with Gasteiger partial charge in [-0.2, -0.15) is 5.10 Å². The molecule has 0 aliphatic rings. The number of benzene rings is 1. The highest BCUT2D eigenvalue weighted by Crippen LogP contribution is 2.38. The van der Waals surface area contributed by atoms with Crippen molar-refractivity contribution >= 4 is 53.8 Å². The van der Waals surface area contributed by atoms with E-state index in [1.165, 1.54) is 0 Å². The van der Waals surface area contributed by atoms with Crippen molar-refractivity contribution < 1.29 is 4.43 Å². The van der Waals surface area contributed by atoms with Crippen LogP contribution in [0.15, 0.2) is 53.8 Å². The second kappa shape index (κ2) is 8.16. The molecule has 146 valence electrons. The summed E-state index contributed by atoms with van der Waals surface area (Å²) in [7, 11) is -1.95. The lowest BCUT2D eigenvalue weighted by Crippen LogP contribution is -2.43. The highest BCUT2D eigenvalue weighted by atomic mass is 127. The lowest BCUT2D eigenvalue weighted by Gasteiger charge is -2.36. The van der Waals surface area contributed by atoms with Gasteiger partial charge in [-0.3, -0.25) is 5.43 Å². The van der Waals surface area contributed by atoms with E-state index in [-0.39, 0.29) is 5.04 Å². The molecule has 0 radical (unpaired) electrons. The van der Waals surface area contributed by atoms with Gasteiger partial charge >= 0.3 is 0 Å². The first-order chi connectivity index (χ1) is 13.2. The van der Waals surface area contributed by atoms with Crippen LogP contribution in [0.2, 0.25) is 18.1 Å². The molecule has 3 aromatic rings. The van der Waals surface area contributed by atoms with Crippen molar-refractivity contribution in [3.05, 3.63) is 57.9 Å². The molecule has 28 heavy (non-hydrogen) atoms. The molecule has 1 N–H and O–H groups in total. The first-order valence-corrected chi connectivity index (χ1v) is 13.1. The maximum absolute atomic E-state index is 6.53. The van der Waals surface area contributed by atoms with Crippen molar-refractivity contribution in [1.82, 2.24) is 9.97 Å². The van der Waals surface area contributed by atoms with Gasteiger partial charge in [0.2, 0.25) is 0 Å². The number of nitrogens with zero attached hydrogens (tertiary/aromatic N) is 3. The molecule has 2 aromatic heterocycles. The van der Waals surface area contributed by atoms with E-state index in [9.17, 15) is 0 Å². The Kier molecular flexibility index (Phi) is 6.04. The van der Waals surface area contributed by atoms with Gasteiger partial charge in [0.15, 0.2) is 0 Å². The maximum Gasteiger partial charge on any atom is 0.250 e. The third-order valence-corrected chi connectivity index (χ3v) is 9.99. The Labute approximate surface area is 180 Å². The predicted octanol–water partition coefficient (Wildman–Crippen LogP) is 6.06. The van der Waals surface area contributed by atoms with E-state index in [2.05, 4.69) is 78.0 Å². The number of hydrogen-bond acceptors (Lipinski definition) is 5. The summed E-state index contributed by atoms with van der Waals surface area (Å²) in [6.07, 6.45) is 3.45. The van der Waals surface area contributed by atoms with Crippen molar-refractivity contribution in [3.8, 4) is 5.75 Å². The van der Waals surface area contributed by atoms with Crippen molar-refractivity contribution in [3.63, 3.8) is 0 Å². The van der Waals surface area contributed by atoms with E-state index in [4.69, 9.17) is 9.41 Å². The molecule has 2 heterocycles. The van der Waals surface area contributed by atoms with Crippen LogP contribution in [-0.2, 0) is 0 Å². The van der Waals surface area contributed by atoms with Crippen LogP contribution in [0.4, 0.5) is 5.82 Å². The fourth-order valence-electron chi connectivity index (χ4n) is 2.35. The number of aromatic nitrogens is 2. The molecule has 0 saturated heterocycles. The lowest BCUT2D eigenvalue weighted by molar-refractivity contribution is 0.495. The van der Waals surface area contributed by atoms with E-state index in [0.29, 0.717) is 5.82 Å². The molecule has 1 aromatic carbocycles. The standard InChI is InChI=1S/C21H25IN4OSi/c1-21(2,3)28(4,5)27-18-8-6-7-15-9-10-17(25-20(15)18)14-24-26-19-13-16(22)11-12-23-19/h6-14H,1-5H3,(H,23,26)/b24-14+. The van der Waals surface area contributed by atoms with Crippen molar-refractivity contribution in [2.45, 2.75) is 38.9 Å². The number of fused-ring (bicyclic) bond motifs is 1. The van der Waals surface area contributed by atoms with Crippen LogP contribution < -0.4 is 9.85 Å². The predicted molar refractivity (Wildman–Crippen MR) is 128 cm³/mol. The normalized spacial score (nSPS) is 12.5. The van der Waals surface area contributed by atoms with E-state index < -0.39 is 8.32 Å². The zero-order valence-corrected chi connectivity index (χ0v) is 20.0. The van der Waals surface area contributed by atoms with Crippen molar-refractivity contribution in [1.29, 1.82) is 0 Å². The zero-order valence-electron chi connectivity index (χ0n) is 16.8. The highest BCUT2D eigenvalue weighted by molar-refractivity contribution is 14.1. The first kappa shape index (κ1) is 20.7. The summed E-state index contributed by atoms with van der Waals surface area (Å²) in [4.78, 5) is 9.01. The molecule has 0 aliphatic heterocycles. The molecule has 0 fully saturated rings. The molecule has 0 unspecified atom stereocenters. The summed E-state index contributed by atoms with van der Waals surface area (Å²) in [6, 6.07) is 13.9. The van der Waals surface area contributed by atoms with E-state index >= 15 is 0 Å². The van der Waals surface area contributed by atoms with Gasteiger partial charge < -0.3 is 4.43 Å². The third-order valence-electron chi connectivity index (χ3n) is 4.97. The summed E-state index contributed by atoms with van der Waals surface area (Å²) in [6.45, 7) is 11.2. The molecule has 5 nitrogen and oxygen atoms in total. The fourth-order valence-corrected chi connectivity index (χ4v) is 3.82. The summed E-state index contributed by atoms with van der Waals surface area (Å²) >= 11 is 2.24. The van der Waals surface area contributed by atoms with Gasteiger partial charge in [-0.15, -0.1) is 0 Å². The van der Waals surface area contributed by atoms with Crippen LogP contribution in [0, 0.1) is 3.57 Å². The van der Waals surface area contributed by atoms with Gasteiger partial charge in [0.1, 0.15) is 17.1 Å². The molecule has 0 amide bonds. The molecule has 0 bridgehead atoms. The molecule has 3 rings (SSSR count). The number of para-hydroxylation sites is 1. The zero-order chi connectivity index (χ0) is 20.4. The third kappa shape index (κ3) is 4.88. The topological polar surface area (TPSA) is 59.4 Å². The minimum absolute atomic E-state index is 0.123. The number of hydrogen-bond donors (Lipinski definition) is 1. The van der Waals surface area contributed by atoms with Gasteiger partial charge in [-0.1, -0.05) is 39.0 Å². The maximum atomic E-state index is 6.53. The molecule has 0 saturated carbocycles. The summed E-state index contributed by atoms with van der Waals surface area (Å²) < 4.78 is 7.63. The summed E-state index contributed by atoms with van der Waals surface area (Å²) in [5, 5.41) is 5.45. The molecular weight excluding hydrogens is 479 g/mol. The number of nitrogens with one attached hydrogen (secondary N) is 1. The van der Waals surface area contributed by atoms with E-state index in [1.807, 2.05) is 36.4 Å². The van der Waals surface area contributed by atoms with E-state index in [1.54, 1.807) is 12.4 Å². The minimum Gasteiger partial charge on any atom is -0.542 e. The SMILES string of the molecule is CC(C)(C)[Si](C)(C)Oc1cccc2ccc(/C=N/Nc3cc(I)ccn3)nc12. The van der Waals surface area contributed by atoms with Gasteiger partial charge in [-0.05, 0) is 65.0 Å². The molecule has 0 spiro atoms. The molecule has 7 heteroatoms. The smallest absolute Gasteiger partial charge is 0.250 e. The van der Waals surface area contributed by atoms with E-state index in [0.717, 1.165) is 25.9 Å². The Balaban J connectivity index is 1.87. The Morgan fingerprint density at radius 1 is 1.14 bits per heavy atom. The number of rotatable bonds is 5. The average molecular weight is 504 g/mol. The summed E-state index contributed by atoms with van der Waals surface area (Å²) in [5.74, 6) is 1.54. The Morgan fingerprint density at radius 2 is 1.93 bits per heavy atom. The quantitative estimate of drug-likeness (QED) is 0.199. The van der Waals surface area contributed by atoms with Crippen molar-refractivity contribution in [2.75, 3.05) is 5.43 Å². The Hall–Kier alpha value is -2.00. The highest BCUT2D eigenvalue weighted by Gasteiger charge is 2.39. The Bertz CT molecular complexity index is 1010. The number of pyridine rings is 2. The second-order valence-corrected chi connectivity index (χ2v) is 14.1. The minimum atomic E-state index is -1.95. The van der Waals surface area contributed by atoms with Crippen LogP contribution in [0.3, 0.4) is 0 Å². The van der Waals surface area contributed by atoms with Gasteiger partial charge in [0.25, 0.3) is 8.32 Å². The second-order valence-electron chi connectivity index (χ2n) is 8.16. The lowest BCUT2D eigenvalue weighted by atomic mass is 10.2. The van der Waals surface area contributed by atoms with Gasteiger partial charge in [0, 0.05) is 15.2 Å². The molecular formula is C21H25IN4OSi. The van der Waals surface area contributed by atoms with Crippen LogP contribution in [0.1, 0.15) is 26.5 Å².